The zero-order chi connectivity index (χ0) is 18.5. The number of hydrogen-bond acceptors (Lipinski definition) is 3. The predicted molar refractivity (Wildman–Crippen MR) is 109 cm³/mol. The second kappa shape index (κ2) is 8.45. The van der Waals surface area contributed by atoms with Gasteiger partial charge in [-0.15, -0.1) is 0 Å². The molecule has 144 valence electrons. The molecule has 0 amide bonds. The van der Waals surface area contributed by atoms with Crippen molar-refractivity contribution in [3.63, 3.8) is 0 Å². The van der Waals surface area contributed by atoms with Crippen molar-refractivity contribution < 1.29 is 9.47 Å². The molecule has 0 radical (unpaired) electrons. The number of benzene rings is 2. The summed E-state index contributed by atoms with van der Waals surface area (Å²) in [5, 5.41) is 0. The van der Waals surface area contributed by atoms with Crippen LogP contribution in [-0.4, -0.2) is 43.3 Å². The van der Waals surface area contributed by atoms with Crippen LogP contribution in [0.1, 0.15) is 36.8 Å². The Kier molecular flexibility index (Phi) is 5.80. The Morgan fingerprint density at radius 1 is 0.926 bits per heavy atom. The van der Waals surface area contributed by atoms with Crippen LogP contribution in [0.2, 0.25) is 0 Å². The summed E-state index contributed by atoms with van der Waals surface area (Å²) < 4.78 is 12.1. The van der Waals surface area contributed by atoms with Gasteiger partial charge in [0.1, 0.15) is 11.9 Å². The lowest BCUT2D eigenvalue weighted by Crippen LogP contribution is -2.42. The molecule has 2 heterocycles. The third-order valence-corrected chi connectivity index (χ3v) is 6.13. The molecular weight excluding hydrogens is 334 g/mol. The highest BCUT2D eigenvalue weighted by molar-refractivity contribution is 5.30. The summed E-state index contributed by atoms with van der Waals surface area (Å²) in [4.78, 5) is 2.37. The number of hydrogen-bond donors (Lipinski definition) is 0. The highest BCUT2D eigenvalue weighted by Crippen LogP contribution is 2.36. The molecule has 3 heteroatoms. The lowest BCUT2D eigenvalue weighted by atomic mass is 9.88. The van der Waals surface area contributed by atoms with Crippen LogP contribution >= 0.6 is 0 Å². The largest absolute Gasteiger partial charge is 0.488 e. The number of fused-ring (bicyclic) bond motifs is 1. The van der Waals surface area contributed by atoms with E-state index < -0.39 is 0 Å². The van der Waals surface area contributed by atoms with Gasteiger partial charge in [-0.2, -0.15) is 0 Å². The summed E-state index contributed by atoms with van der Waals surface area (Å²) in [6.45, 7) is 3.01. The van der Waals surface area contributed by atoms with Gasteiger partial charge in [-0.3, -0.25) is 0 Å². The minimum Gasteiger partial charge on any atom is -0.488 e. The molecule has 1 unspecified atom stereocenters. The Morgan fingerprint density at radius 2 is 1.56 bits per heavy atom. The van der Waals surface area contributed by atoms with Crippen molar-refractivity contribution >= 4 is 0 Å². The van der Waals surface area contributed by atoms with Gasteiger partial charge in [-0.1, -0.05) is 42.5 Å². The van der Waals surface area contributed by atoms with E-state index in [-0.39, 0.29) is 11.7 Å². The maximum Gasteiger partial charge on any atom is 0.125 e. The highest BCUT2D eigenvalue weighted by atomic mass is 16.6. The fraction of sp³-hybridized carbons (Fsp3) is 0.500. The molecule has 0 saturated carbocycles. The SMILES string of the molecule is CN1CCC2(CC1)CC(Oc1ccccc1)CO2.c1ccc2c(c1)CCC2. The van der Waals surface area contributed by atoms with Gasteiger partial charge in [-0.05, 0) is 62.4 Å². The first-order valence-electron chi connectivity index (χ1n) is 10.3. The summed E-state index contributed by atoms with van der Waals surface area (Å²) >= 11 is 0. The fourth-order valence-corrected chi connectivity index (χ4v) is 4.46. The zero-order valence-corrected chi connectivity index (χ0v) is 16.4. The van der Waals surface area contributed by atoms with E-state index in [1.54, 1.807) is 11.1 Å². The minimum atomic E-state index is 0.0892. The third-order valence-electron chi connectivity index (χ3n) is 6.13. The topological polar surface area (TPSA) is 21.7 Å². The summed E-state index contributed by atoms with van der Waals surface area (Å²) in [6, 6.07) is 18.8. The Balaban J connectivity index is 0.000000167. The van der Waals surface area contributed by atoms with E-state index in [4.69, 9.17) is 9.47 Å². The van der Waals surface area contributed by atoms with Crippen molar-refractivity contribution in [2.75, 3.05) is 26.7 Å². The van der Waals surface area contributed by atoms with Crippen LogP contribution in [0.3, 0.4) is 0 Å². The van der Waals surface area contributed by atoms with E-state index in [1.165, 1.54) is 19.3 Å². The van der Waals surface area contributed by atoms with Crippen molar-refractivity contribution in [2.45, 2.75) is 50.2 Å². The van der Waals surface area contributed by atoms with Crippen molar-refractivity contribution in [2.24, 2.45) is 0 Å². The summed E-state index contributed by atoms with van der Waals surface area (Å²) in [7, 11) is 2.18. The predicted octanol–water partition coefficient (Wildman–Crippen LogP) is 4.49. The Hall–Kier alpha value is -1.84. The molecule has 3 nitrogen and oxygen atoms in total. The van der Waals surface area contributed by atoms with Crippen LogP contribution in [0.15, 0.2) is 54.6 Å². The third kappa shape index (κ3) is 4.72. The molecule has 1 spiro atoms. The molecule has 0 bridgehead atoms. The van der Waals surface area contributed by atoms with E-state index >= 15 is 0 Å². The molecule has 2 fully saturated rings. The first kappa shape index (κ1) is 18.5. The molecule has 2 aromatic rings. The Bertz CT molecular complexity index is 699. The van der Waals surface area contributed by atoms with Gasteiger partial charge >= 0.3 is 0 Å². The first-order chi connectivity index (χ1) is 13.2. The molecule has 1 atom stereocenters. The van der Waals surface area contributed by atoms with Gasteiger partial charge < -0.3 is 14.4 Å². The molecule has 2 saturated heterocycles. The normalized spacial score (nSPS) is 23.5. The quantitative estimate of drug-likeness (QED) is 0.782. The zero-order valence-electron chi connectivity index (χ0n) is 16.4. The fourth-order valence-electron chi connectivity index (χ4n) is 4.46. The number of rotatable bonds is 2. The van der Waals surface area contributed by atoms with Gasteiger partial charge in [0.25, 0.3) is 0 Å². The van der Waals surface area contributed by atoms with Crippen molar-refractivity contribution in [3.8, 4) is 5.75 Å². The molecular formula is C24H31NO2. The van der Waals surface area contributed by atoms with E-state index in [2.05, 4.69) is 36.2 Å². The molecule has 0 N–H and O–H groups in total. The van der Waals surface area contributed by atoms with E-state index in [9.17, 15) is 0 Å². The molecule has 27 heavy (non-hydrogen) atoms. The van der Waals surface area contributed by atoms with Crippen LogP contribution < -0.4 is 4.74 Å². The Morgan fingerprint density at radius 3 is 2.22 bits per heavy atom. The molecule has 0 aromatic heterocycles. The summed E-state index contributed by atoms with van der Waals surface area (Å²) in [5.74, 6) is 0.955. The lowest BCUT2D eigenvalue weighted by Gasteiger charge is -2.36. The van der Waals surface area contributed by atoms with Crippen molar-refractivity contribution in [3.05, 3.63) is 65.7 Å². The second-order valence-electron chi connectivity index (χ2n) is 8.18. The maximum absolute atomic E-state index is 6.06. The average Bonchev–Trinajstić information content (AvgIpc) is 3.33. The van der Waals surface area contributed by atoms with E-state index in [1.807, 2.05) is 30.3 Å². The standard InChI is InChI=1S/C15H21NO2.C9H10/c1-16-9-7-15(8-10-16)11-14(12-17-15)18-13-5-3-2-4-6-13;1-2-5-9-7-3-6-8(9)4-1/h2-6,14H,7-12H2,1H3;1-2,4-5H,3,6-7H2. The maximum atomic E-state index is 6.06. The Labute approximate surface area is 163 Å². The van der Waals surface area contributed by atoms with Crippen molar-refractivity contribution in [1.82, 2.24) is 4.90 Å². The van der Waals surface area contributed by atoms with Gasteiger partial charge in [0.15, 0.2) is 0 Å². The first-order valence-corrected chi connectivity index (χ1v) is 10.3. The van der Waals surface area contributed by atoms with Crippen LogP contribution in [-0.2, 0) is 17.6 Å². The molecule has 2 aromatic carbocycles. The number of para-hydroxylation sites is 1. The summed E-state index contributed by atoms with van der Waals surface area (Å²) in [5.41, 5.74) is 3.22. The molecule has 5 rings (SSSR count). The highest BCUT2D eigenvalue weighted by Gasteiger charge is 2.43. The monoisotopic (exact) mass is 365 g/mol. The number of ether oxygens (including phenoxy) is 2. The van der Waals surface area contributed by atoms with Crippen molar-refractivity contribution in [1.29, 1.82) is 0 Å². The van der Waals surface area contributed by atoms with Crippen LogP contribution in [0.5, 0.6) is 5.75 Å². The number of aryl methyl sites for hydroxylation is 2. The lowest BCUT2D eigenvalue weighted by molar-refractivity contribution is -0.0399. The van der Waals surface area contributed by atoms with Gasteiger partial charge in [0.05, 0.1) is 12.2 Å². The molecule has 3 aliphatic rings. The van der Waals surface area contributed by atoms with E-state index in [0.717, 1.165) is 44.7 Å². The molecule has 2 aliphatic heterocycles. The number of nitrogens with zero attached hydrogens (tertiary/aromatic N) is 1. The van der Waals surface area contributed by atoms with Crippen LogP contribution in [0, 0.1) is 0 Å². The smallest absolute Gasteiger partial charge is 0.125 e. The van der Waals surface area contributed by atoms with Gasteiger partial charge in [0.2, 0.25) is 0 Å². The number of piperidine rings is 1. The van der Waals surface area contributed by atoms with E-state index in [0.29, 0.717) is 0 Å². The summed E-state index contributed by atoms with van der Waals surface area (Å²) in [6.07, 6.45) is 7.49. The minimum absolute atomic E-state index is 0.0892. The average molecular weight is 366 g/mol. The van der Waals surface area contributed by atoms with Gasteiger partial charge in [-0.25, -0.2) is 0 Å². The van der Waals surface area contributed by atoms with Crippen LogP contribution in [0.4, 0.5) is 0 Å². The second-order valence-corrected chi connectivity index (χ2v) is 8.18. The van der Waals surface area contributed by atoms with Crippen LogP contribution in [0.25, 0.3) is 0 Å². The number of likely N-dealkylation sites (tertiary alicyclic amines) is 1. The van der Waals surface area contributed by atoms with Gasteiger partial charge in [0, 0.05) is 19.5 Å². The molecule has 1 aliphatic carbocycles.